The standard InChI is InChI=1S/C8H15NO2.C2H4O2/c1-6-7(8(10)11-2)4-3-5-9-6;1-2(3)4/h6-7,9H,3-5H2,1-2H3;1H3,(H,3,4). The molecule has 0 bridgehead atoms. The predicted molar refractivity (Wildman–Crippen MR) is 55.5 cm³/mol. The third-order valence-electron chi connectivity index (χ3n) is 2.27. The van der Waals surface area contributed by atoms with Gasteiger partial charge < -0.3 is 15.2 Å². The normalized spacial score (nSPS) is 24.7. The lowest BCUT2D eigenvalue weighted by atomic mass is 9.92. The highest BCUT2D eigenvalue weighted by Crippen LogP contribution is 2.16. The van der Waals surface area contributed by atoms with E-state index in [9.17, 15) is 4.79 Å². The van der Waals surface area contributed by atoms with E-state index in [-0.39, 0.29) is 17.9 Å². The van der Waals surface area contributed by atoms with Crippen LogP contribution in [0.5, 0.6) is 0 Å². The van der Waals surface area contributed by atoms with E-state index >= 15 is 0 Å². The number of carbonyl (C=O) groups excluding carboxylic acids is 1. The minimum Gasteiger partial charge on any atom is -0.481 e. The first-order chi connectivity index (χ1) is 6.99. The number of rotatable bonds is 1. The molecule has 2 N–H and O–H groups in total. The molecule has 0 spiro atoms. The molecule has 0 aromatic carbocycles. The van der Waals surface area contributed by atoms with Crippen LogP contribution < -0.4 is 5.32 Å². The van der Waals surface area contributed by atoms with E-state index in [4.69, 9.17) is 9.90 Å². The first-order valence-electron chi connectivity index (χ1n) is 4.99. The van der Waals surface area contributed by atoms with Crippen LogP contribution in [-0.2, 0) is 14.3 Å². The zero-order valence-corrected chi connectivity index (χ0v) is 9.45. The molecule has 1 rings (SSSR count). The van der Waals surface area contributed by atoms with E-state index in [2.05, 4.69) is 10.1 Å². The second-order valence-corrected chi connectivity index (χ2v) is 3.53. The van der Waals surface area contributed by atoms with Crippen molar-refractivity contribution in [3.8, 4) is 0 Å². The van der Waals surface area contributed by atoms with Gasteiger partial charge in [-0.25, -0.2) is 0 Å². The summed E-state index contributed by atoms with van der Waals surface area (Å²) in [5.41, 5.74) is 0. The summed E-state index contributed by atoms with van der Waals surface area (Å²) in [4.78, 5) is 20.1. The highest BCUT2D eigenvalue weighted by Gasteiger charge is 2.27. The van der Waals surface area contributed by atoms with Crippen LogP contribution in [0.3, 0.4) is 0 Å². The van der Waals surface area contributed by atoms with Crippen molar-refractivity contribution >= 4 is 11.9 Å². The number of nitrogens with one attached hydrogen (secondary N) is 1. The molecule has 1 heterocycles. The molecule has 0 radical (unpaired) electrons. The summed E-state index contributed by atoms with van der Waals surface area (Å²) in [5.74, 6) is -0.849. The van der Waals surface area contributed by atoms with Gasteiger partial charge in [-0.05, 0) is 26.3 Å². The number of esters is 1. The van der Waals surface area contributed by atoms with Crippen molar-refractivity contribution in [1.82, 2.24) is 5.32 Å². The monoisotopic (exact) mass is 217 g/mol. The van der Waals surface area contributed by atoms with Gasteiger partial charge in [0, 0.05) is 13.0 Å². The van der Waals surface area contributed by atoms with Gasteiger partial charge in [0.1, 0.15) is 0 Å². The molecule has 0 saturated carbocycles. The van der Waals surface area contributed by atoms with Gasteiger partial charge in [-0.2, -0.15) is 0 Å². The zero-order chi connectivity index (χ0) is 11.8. The minimum absolute atomic E-state index is 0.0637. The lowest BCUT2D eigenvalue weighted by molar-refractivity contribution is -0.147. The quantitative estimate of drug-likeness (QED) is 0.630. The molecule has 1 fully saturated rings. The van der Waals surface area contributed by atoms with E-state index in [1.54, 1.807) is 0 Å². The van der Waals surface area contributed by atoms with E-state index in [1.807, 2.05) is 6.92 Å². The van der Waals surface area contributed by atoms with Gasteiger partial charge in [-0.15, -0.1) is 0 Å². The molecule has 15 heavy (non-hydrogen) atoms. The Bertz CT molecular complexity index is 213. The van der Waals surface area contributed by atoms with Gasteiger partial charge in [-0.3, -0.25) is 9.59 Å². The van der Waals surface area contributed by atoms with Crippen LogP contribution in [0.2, 0.25) is 0 Å². The van der Waals surface area contributed by atoms with Crippen LogP contribution in [0.25, 0.3) is 0 Å². The Morgan fingerprint density at radius 3 is 2.40 bits per heavy atom. The second kappa shape index (κ2) is 7.23. The maximum absolute atomic E-state index is 11.1. The number of hydrogen-bond acceptors (Lipinski definition) is 4. The third-order valence-corrected chi connectivity index (χ3v) is 2.27. The van der Waals surface area contributed by atoms with E-state index in [1.165, 1.54) is 7.11 Å². The van der Waals surface area contributed by atoms with Gasteiger partial charge >= 0.3 is 5.97 Å². The smallest absolute Gasteiger partial charge is 0.310 e. The fraction of sp³-hybridized carbons (Fsp3) is 0.800. The first-order valence-corrected chi connectivity index (χ1v) is 4.99. The summed E-state index contributed by atoms with van der Waals surface area (Å²) in [6, 6.07) is 0.274. The molecule has 0 amide bonds. The summed E-state index contributed by atoms with van der Waals surface area (Å²) in [5, 5.41) is 10.7. The third kappa shape index (κ3) is 6.06. The topological polar surface area (TPSA) is 75.6 Å². The summed E-state index contributed by atoms with van der Waals surface area (Å²) in [6.07, 6.45) is 2.03. The number of piperidine rings is 1. The fourth-order valence-electron chi connectivity index (χ4n) is 1.52. The van der Waals surface area contributed by atoms with Gasteiger partial charge in [0.2, 0.25) is 0 Å². The van der Waals surface area contributed by atoms with Crippen molar-refractivity contribution in [2.24, 2.45) is 5.92 Å². The van der Waals surface area contributed by atoms with Crippen LogP contribution >= 0.6 is 0 Å². The van der Waals surface area contributed by atoms with E-state index < -0.39 is 5.97 Å². The molecule has 0 aliphatic carbocycles. The highest BCUT2D eigenvalue weighted by molar-refractivity contribution is 5.73. The van der Waals surface area contributed by atoms with Crippen molar-refractivity contribution in [3.63, 3.8) is 0 Å². The average molecular weight is 217 g/mol. The molecule has 0 aromatic rings. The van der Waals surface area contributed by atoms with Crippen LogP contribution in [0.4, 0.5) is 0 Å². The number of methoxy groups -OCH3 is 1. The van der Waals surface area contributed by atoms with Crippen LogP contribution in [0.15, 0.2) is 0 Å². The molecule has 5 nitrogen and oxygen atoms in total. The largest absolute Gasteiger partial charge is 0.481 e. The van der Waals surface area contributed by atoms with Gasteiger partial charge in [0.05, 0.1) is 13.0 Å². The Hall–Kier alpha value is -1.10. The average Bonchev–Trinajstić information content (AvgIpc) is 2.16. The molecule has 1 aliphatic heterocycles. The molecular weight excluding hydrogens is 198 g/mol. The van der Waals surface area contributed by atoms with Gasteiger partial charge in [-0.1, -0.05) is 0 Å². The van der Waals surface area contributed by atoms with Crippen LogP contribution in [0.1, 0.15) is 26.7 Å². The lowest BCUT2D eigenvalue weighted by Crippen LogP contribution is -2.43. The molecule has 1 saturated heterocycles. The Labute approximate surface area is 89.8 Å². The van der Waals surface area contributed by atoms with Crippen molar-refractivity contribution in [2.75, 3.05) is 13.7 Å². The molecule has 5 heteroatoms. The van der Waals surface area contributed by atoms with E-state index in [0.29, 0.717) is 0 Å². The minimum atomic E-state index is -0.833. The molecule has 2 atom stereocenters. The van der Waals surface area contributed by atoms with Gasteiger partial charge in [0.15, 0.2) is 0 Å². The number of ether oxygens (including phenoxy) is 1. The predicted octanol–water partition coefficient (Wildman–Crippen LogP) is 0.638. The summed E-state index contributed by atoms with van der Waals surface area (Å²) in [7, 11) is 1.45. The van der Waals surface area contributed by atoms with Gasteiger partial charge in [0.25, 0.3) is 5.97 Å². The number of hydrogen-bond donors (Lipinski definition) is 2. The molecule has 1 aliphatic rings. The summed E-state index contributed by atoms with van der Waals surface area (Å²) >= 11 is 0. The highest BCUT2D eigenvalue weighted by atomic mass is 16.5. The maximum atomic E-state index is 11.1. The summed E-state index contributed by atoms with van der Waals surface area (Å²) in [6.45, 7) is 4.13. The zero-order valence-electron chi connectivity index (χ0n) is 9.45. The number of carboxylic acids is 1. The van der Waals surface area contributed by atoms with Crippen LogP contribution in [0, 0.1) is 5.92 Å². The Balaban J connectivity index is 0.000000423. The van der Waals surface area contributed by atoms with Crippen molar-refractivity contribution in [2.45, 2.75) is 32.7 Å². The Morgan fingerprint density at radius 1 is 1.47 bits per heavy atom. The first kappa shape index (κ1) is 13.9. The Kier molecular flexibility index (Phi) is 6.70. The number of aliphatic carboxylic acids is 1. The number of carboxylic acid groups (broad SMARTS) is 1. The van der Waals surface area contributed by atoms with Crippen molar-refractivity contribution in [1.29, 1.82) is 0 Å². The van der Waals surface area contributed by atoms with Crippen molar-refractivity contribution in [3.05, 3.63) is 0 Å². The van der Waals surface area contributed by atoms with Crippen LogP contribution in [-0.4, -0.2) is 36.7 Å². The molecular formula is C10H19NO4. The van der Waals surface area contributed by atoms with E-state index in [0.717, 1.165) is 26.3 Å². The Morgan fingerprint density at radius 2 is 2.00 bits per heavy atom. The SMILES string of the molecule is CC(=O)O.COC(=O)C1CCCNC1C. The second-order valence-electron chi connectivity index (χ2n) is 3.53. The lowest BCUT2D eigenvalue weighted by Gasteiger charge is -2.27. The molecule has 0 aromatic heterocycles. The van der Waals surface area contributed by atoms with Crippen molar-refractivity contribution < 1.29 is 19.4 Å². The molecule has 2 unspecified atom stereocenters. The number of carbonyl (C=O) groups is 2. The molecule has 88 valence electrons. The summed E-state index contributed by atoms with van der Waals surface area (Å²) < 4.78 is 4.68. The fourth-order valence-corrected chi connectivity index (χ4v) is 1.52. The maximum Gasteiger partial charge on any atom is 0.310 e.